The number of halogens is 2. The zero-order chi connectivity index (χ0) is 19.4. The first-order valence-electron chi connectivity index (χ1n) is 8.32. The minimum atomic E-state index is -0.613. The van der Waals surface area contributed by atoms with Gasteiger partial charge in [0.1, 0.15) is 5.75 Å². The van der Waals surface area contributed by atoms with Crippen molar-refractivity contribution in [3.8, 4) is 5.75 Å². The Hall–Kier alpha value is -1.54. The van der Waals surface area contributed by atoms with Crippen LogP contribution in [0.5, 0.6) is 5.75 Å². The molecule has 1 atom stereocenters. The van der Waals surface area contributed by atoms with Crippen LogP contribution in [0.25, 0.3) is 0 Å². The predicted octanol–water partition coefficient (Wildman–Crippen LogP) is 4.58. The zero-order valence-electron chi connectivity index (χ0n) is 15.1. The molecule has 0 bridgehead atoms. The molecule has 2 rings (SSSR count). The van der Waals surface area contributed by atoms with Crippen molar-refractivity contribution in [3.63, 3.8) is 0 Å². The van der Waals surface area contributed by atoms with E-state index in [2.05, 4.69) is 42.5 Å². The normalized spacial score (nSPS) is 17.0. The van der Waals surface area contributed by atoms with Gasteiger partial charge in [-0.1, -0.05) is 13.3 Å². The number of carbonyl (C=O) groups excluding carboxylic acids is 2. The highest BCUT2D eigenvalue weighted by atomic mass is 79.9. The lowest BCUT2D eigenvalue weighted by Crippen LogP contribution is -2.45. The third-order valence-electron chi connectivity index (χ3n) is 3.77. The van der Waals surface area contributed by atoms with E-state index < -0.39 is 12.0 Å². The van der Waals surface area contributed by atoms with Crippen molar-refractivity contribution in [1.29, 1.82) is 0 Å². The van der Waals surface area contributed by atoms with Crippen LogP contribution in [0.2, 0.25) is 0 Å². The third kappa shape index (κ3) is 4.59. The number of allylic oxidation sites excluding steroid dienone is 1. The Balaban J connectivity index is 2.55. The molecule has 1 aliphatic heterocycles. The topological polar surface area (TPSA) is 76.7 Å². The van der Waals surface area contributed by atoms with Gasteiger partial charge in [-0.25, -0.2) is 9.59 Å². The number of urea groups is 1. The molecule has 1 aliphatic rings. The number of hydrogen-bond donors (Lipinski definition) is 2. The van der Waals surface area contributed by atoms with Crippen molar-refractivity contribution < 1.29 is 19.1 Å². The lowest BCUT2D eigenvalue weighted by molar-refractivity contribution is -0.136. The second kappa shape index (κ2) is 8.90. The molecule has 0 spiro atoms. The van der Waals surface area contributed by atoms with Crippen LogP contribution in [-0.4, -0.2) is 25.2 Å². The average molecular weight is 490 g/mol. The van der Waals surface area contributed by atoms with Gasteiger partial charge in [-0.2, -0.15) is 0 Å². The van der Waals surface area contributed by atoms with Crippen molar-refractivity contribution in [1.82, 2.24) is 10.6 Å². The van der Waals surface area contributed by atoms with Gasteiger partial charge in [0.25, 0.3) is 0 Å². The Morgan fingerprint density at radius 3 is 2.38 bits per heavy atom. The monoisotopic (exact) mass is 488 g/mol. The van der Waals surface area contributed by atoms with Crippen molar-refractivity contribution in [2.75, 3.05) is 7.11 Å². The molecular formula is C18H22Br2N2O4. The van der Waals surface area contributed by atoms with Crippen LogP contribution < -0.4 is 15.4 Å². The Bertz CT molecular complexity index is 724. The van der Waals surface area contributed by atoms with E-state index in [9.17, 15) is 9.59 Å². The minimum absolute atomic E-state index is 0.00807. The first kappa shape index (κ1) is 20.8. The van der Waals surface area contributed by atoms with Crippen LogP contribution in [0.4, 0.5) is 4.79 Å². The Kier molecular flexibility index (Phi) is 7.11. The molecule has 2 amide bonds. The van der Waals surface area contributed by atoms with Gasteiger partial charge in [-0.3, -0.25) is 0 Å². The summed E-state index contributed by atoms with van der Waals surface area (Å²) in [5.41, 5.74) is 1.73. The van der Waals surface area contributed by atoms with Crippen molar-refractivity contribution in [3.05, 3.63) is 37.9 Å². The van der Waals surface area contributed by atoms with E-state index in [1.807, 2.05) is 32.9 Å². The van der Waals surface area contributed by atoms with Gasteiger partial charge < -0.3 is 20.1 Å². The lowest BCUT2D eigenvalue weighted by atomic mass is 9.94. The van der Waals surface area contributed by atoms with Gasteiger partial charge in [0.05, 0.1) is 33.8 Å². The van der Waals surface area contributed by atoms with E-state index in [-0.39, 0.29) is 12.1 Å². The van der Waals surface area contributed by atoms with Crippen LogP contribution in [-0.2, 0) is 9.53 Å². The fourth-order valence-electron chi connectivity index (χ4n) is 2.76. The number of benzene rings is 1. The van der Waals surface area contributed by atoms with Crippen molar-refractivity contribution >= 4 is 43.9 Å². The van der Waals surface area contributed by atoms with Gasteiger partial charge in [0.15, 0.2) is 0 Å². The number of rotatable bonds is 6. The first-order chi connectivity index (χ1) is 12.3. The molecule has 0 aliphatic carbocycles. The van der Waals surface area contributed by atoms with Gasteiger partial charge in [-0.05, 0) is 69.8 Å². The summed E-state index contributed by atoms with van der Waals surface area (Å²) < 4.78 is 12.2. The molecule has 26 heavy (non-hydrogen) atoms. The van der Waals surface area contributed by atoms with E-state index >= 15 is 0 Å². The highest BCUT2D eigenvalue weighted by molar-refractivity contribution is 9.11. The second-order valence-corrected chi connectivity index (χ2v) is 7.85. The molecule has 1 aromatic carbocycles. The van der Waals surface area contributed by atoms with Crippen LogP contribution in [0, 0.1) is 0 Å². The summed E-state index contributed by atoms with van der Waals surface area (Å²) in [5.74, 6) is 0.196. The van der Waals surface area contributed by atoms with E-state index in [1.165, 1.54) is 7.11 Å². The maximum absolute atomic E-state index is 12.4. The summed E-state index contributed by atoms with van der Waals surface area (Å²) in [5, 5.41) is 5.54. The van der Waals surface area contributed by atoms with E-state index in [0.29, 0.717) is 23.4 Å². The quantitative estimate of drug-likeness (QED) is 0.573. The first-order valence-corrected chi connectivity index (χ1v) is 9.91. The van der Waals surface area contributed by atoms with Crippen molar-refractivity contribution in [2.45, 2.75) is 45.8 Å². The van der Waals surface area contributed by atoms with E-state index in [4.69, 9.17) is 9.47 Å². The molecule has 0 radical (unpaired) electrons. The SMILES string of the molecule is CCCC1=C(C(=O)OC)C(c2cc(Br)c(OC(C)C)c(Br)c2)NC(=O)N1. The van der Waals surface area contributed by atoms with Gasteiger partial charge >= 0.3 is 12.0 Å². The van der Waals surface area contributed by atoms with Crippen LogP contribution in [0.1, 0.15) is 45.2 Å². The Morgan fingerprint density at radius 2 is 1.88 bits per heavy atom. The van der Waals surface area contributed by atoms with E-state index in [1.54, 1.807) is 0 Å². The molecule has 0 saturated heterocycles. The molecule has 142 valence electrons. The number of amides is 2. The Morgan fingerprint density at radius 1 is 1.27 bits per heavy atom. The number of ether oxygens (including phenoxy) is 2. The number of hydrogen-bond acceptors (Lipinski definition) is 4. The van der Waals surface area contributed by atoms with Crippen LogP contribution >= 0.6 is 31.9 Å². The highest BCUT2D eigenvalue weighted by Gasteiger charge is 2.33. The van der Waals surface area contributed by atoms with Crippen LogP contribution in [0.3, 0.4) is 0 Å². The Labute approximate surface area is 170 Å². The highest BCUT2D eigenvalue weighted by Crippen LogP contribution is 2.39. The van der Waals surface area contributed by atoms with Gasteiger partial charge in [0, 0.05) is 5.70 Å². The maximum Gasteiger partial charge on any atom is 0.337 e. The molecule has 8 heteroatoms. The fourth-order valence-corrected chi connectivity index (χ4v) is 4.17. The maximum atomic E-state index is 12.4. The lowest BCUT2D eigenvalue weighted by Gasteiger charge is -2.29. The summed E-state index contributed by atoms with van der Waals surface area (Å²) in [7, 11) is 1.33. The number of esters is 1. The largest absolute Gasteiger partial charge is 0.489 e. The zero-order valence-corrected chi connectivity index (χ0v) is 18.3. The molecule has 0 fully saturated rings. The molecule has 2 N–H and O–H groups in total. The molecule has 0 aromatic heterocycles. The second-order valence-electron chi connectivity index (χ2n) is 6.15. The van der Waals surface area contributed by atoms with Crippen molar-refractivity contribution in [2.24, 2.45) is 0 Å². The number of carbonyl (C=O) groups is 2. The summed E-state index contributed by atoms with van der Waals surface area (Å²) in [6.07, 6.45) is 1.37. The molecule has 1 unspecified atom stereocenters. The predicted molar refractivity (Wildman–Crippen MR) is 106 cm³/mol. The molecule has 6 nitrogen and oxygen atoms in total. The number of nitrogens with one attached hydrogen (secondary N) is 2. The molecule has 1 aromatic rings. The summed E-state index contributed by atoms with van der Waals surface area (Å²) in [4.78, 5) is 24.5. The fraction of sp³-hybridized carbons (Fsp3) is 0.444. The summed E-state index contributed by atoms with van der Waals surface area (Å²) in [6, 6.07) is 2.72. The third-order valence-corrected chi connectivity index (χ3v) is 4.94. The summed E-state index contributed by atoms with van der Waals surface area (Å²) >= 11 is 7.03. The summed E-state index contributed by atoms with van der Waals surface area (Å²) in [6.45, 7) is 5.86. The smallest absolute Gasteiger partial charge is 0.337 e. The van der Waals surface area contributed by atoms with Gasteiger partial charge in [0.2, 0.25) is 0 Å². The molecular weight excluding hydrogens is 468 g/mol. The molecule has 0 saturated carbocycles. The minimum Gasteiger partial charge on any atom is -0.489 e. The van der Waals surface area contributed by atoms with Crippen LogP contribution in [0.15, 0.2) is 32.3 Å². The standard InChI is InChI=1S/C18H22Br2N2O4/c1-5-6-13-14(17(23)25-4)15(22-18(24)21-13)10-7-11(19)16(12(20)8-10)26-9(2)3/h7-9,15H,5-6H2,1-4H3,(H2,21,22,24). The average Bonchev–Trinajstić information content (AvgIpc) is 2.57. The van der Waals surface area contributed by atoms with E-state index in [0.717, 1.165) is 20.9 Å². The van der Waals surface area contributed by atoms with Gasteiger partial charge in [-0.15, -0.1) is 0 Å². The molecule has 1 heterocycles. The number of methoxy groups -OCH3 is 1.